The van der Waals surface area contributed by atoms with Crippen molar-refractivity contribution in [3.63, 3.8) is 0 Å². The zero-order valence-corrected chi connectivity index (χ0v) is 16.5. The van der Waals surface area contributed by atoms with Crippen LogP contribution in [0.25, 0.3) is 0 Å². The van der Waals surface area contributed by atoms with E-state index >= 15 is 0 Å². The van der Waals surface area contributed by atoms with Gasteiger partial charge in [-0.25, -0.2) is 4.79 Å². The van der Waals surface area contributed by atoms with Crippen LogP contribution in [-0.2, 0) is 10.2 Å². The minimum Gasteiger partial charge on any atom is -0.450 e. The number of amides is 1. The number of para-hydroxylation sites is 1. The first-order chi connectivity index (χ1) is 13.2. The van der Waals surface area contributed by atoms with Crippen molar-refractivity contribution in [2.75, 3.05) is 31.6 Å². The number of piperidine rings is 1. The van der Waals surface area contributed by atoms with Gasteiger partial charge in [-0.2, -0.15) is 0 Å². The van der Waals surface area contributed by atoms with Crippen LogP contribution in [0.1, 0.15) is 58.9 Å². The zero-order valence-electron chi connectivity index (χ0n) is 16.5. The molecule has 1 aliphatic carbocycles. The van der Waals surface area contributed by atoms with E-state index in [-0.39, 0.29) is 13.6 Å². The SMILES string of the molecule is CCOC(=O)NC1CCCCC(N2CCC3(CC2)CNc2ccccc23)C1.[HH]. The van der Waals surface area contributed by atoms with Crippen LogP contribution in [-0.4, -0.2) is 49.3 Å². The third kappa shape index (κ3) is 3.93. The summed E-state index contributed by atoms with van der Waals surface area (Å²) in [6.45, 7) is 5.69. The van der Waals surface area contributed by atoms with E-state index in [0.29, 0.717) is 18.1 Å². The fourth-order valence-electron chi connectivity index (χ4n) is 5.36. The Kier molecular flexibility index (Phi) is 5.58. The lowest BCUT2D eigenvalue weighted by Gasteiger charge is -2.43. The number of hydrogen-bond acceptors (Lipinski definition) is 4. The van der Waals surface area contributed by atoms with Gasteiger partial charge < -0.3 is 20.3 Å². The maximum absolute atomic E-state index is 11.8. The number of carbonyl (C=O) groups excluding carboxylic acids is 1. The first-order valence-corrected chi connectivity index (χ1v) is 10.7. The number of carbonyl (C=O) groups is 1. The molecule has 1 amide bonds. The molecule has 2 fully saturated rings. The molecule has 1 saturated carbocycles. The summed E-state index contributed by atoms with van der Waals surface area (Å²) < 4.78 is 5.09. The molecule has 3 aliphatic rings. The van der Waals surface area contributed by atoms with Gasteiger partial charge in [0.1, 0.15) is 0 Å². The van der Waals surface area contributed by atoms with Crippen LogP contribution < -0.4 is 10.6 Å². The number of ether oxygens (including phenoxy) is 1. The Balaban J connectivity index is 0.00000225. The normalized spacial score (nSPS) is 27.4. The summed E-state index contributed by atoms with van der Waals surface area (Å²) in [4.78, 5) is 14.5. The van der Waals surface area contributed by atoms with Crippen LogP contribution in [0, 0.1) is 0 Å². The van der Waals surface area contributed by atoms with Crippen LogP contribution >= 0.6 is 0 Å². The molecule has 2 N–H and O–H groups in total. The number of nitrogens with zero attached hydrogens (tertiary/aromatic N) is 1. The van der Waals surface area contributed by atoms with Crippen molar-refractivity contribution in [2.45, 2.75) is 69.4 Å². The second kappa shape index (κ2) is 8.09. The third-order valence-electron chi connectivity index (χ3n) is 6.88. The van der Waals surface area contributed by atoms with Gasteiger partial charge in [-0.15, -0.1) is 0 Å². The van der Waals surface area contributed by atoms with Gasteiger partial charge in [0.25, 0.3) is 0 Å². The summed E-state index contributed by atoms with van der Waals surface area (Å²) in [5.74, 6) is 0. The molecule has 1 aromatic rings. The van der Waals surface area contributed by atoms with Crippen molar-refractivity contribution in [1.82, 2.24) is 10.2 Å². The molecule has 2 unspecified atom stereocenters. The van der Waals surface area contributed by atoms with Gasteiger partial charge in [0.2, 0.25) is 0 Å². The molecule has 2 aliphatic heterocycles. The van der Waals surface area contributed by atoms with E-state index < -0.39 is 0 Å². The molecule has 0 radical (unpaired) electrons. The number of rotatable bonds is 3. The van der Waals surface area contributed by atoms with Crippen LogP contribution in [0.4, 0.5) is 10.5 Å². The average molecular weight is 374 g/mol. The van der Waals surface area contributed by atoms with Crippen LogP contribution in [0.15, 0.2) is 24.3 Å². The molecule has 5 heteroatoms. The van der Waals surface area contributed by atoms with Gasteiger partial charge >= 0.3 is 6.09 Å². The Morgan fingerprint density at radius 2 is 2.07 bits per heavy atom. The lowest BCUT2D eigenvalue weighted by atomic mass is 9.74. The van der Waals surface area contributed by atoms with Crippen LogP contribution in [0.5, 0.6) is 0 Å². The molecule has 2 atom stereocenters. The molecule has 150 valence electrons. The lowest BCUT2D eigenvalue weighted by Crippen LogP contribution is -2.49. The third-order valence-corrected chi connectivity index (χ3v) is 6.88. The summed E-state index contributed by atoms with van der Waals surface area (Å²) in [6, 6.07) is 9.67. The monoisotopic (exact) mass is 373 g/mol. The van der Waals surface area contributed by atoms with Crippen LogP contribution in [0.2, 0.25) is 0 Å². The lowest BCUT2D eigenvalue weighted by molar-refractivity contribution is 0.104. The summed E-state index contributed by atoms with van der Waals surface area (Å²) in [7, 11) is 0. The second-order valence-electron chi connectivity index (χ2n) is 8.45. The van der Waals surface area contributed by atoms with Gasteiger partial charge in [0, 0.05) is 31.2 Å². The maximum Gasteiger partial charge on any atom is 0.407 e. The van der Waals surface area contributed by atoms with Crippen molar-refractivity contribution in [2.24, 2.45) is 0 Å². The first-order valence-electron chi connectivity index (χ1n) is 10.7. The molecule has 2 heterocycles. The topological polar surface area (TPSA) is 53.6 Å². The Hall–Kier alpha value is -1.75. The molecule has 0 aromatic heterocycles. The van der Waals surface area contributed by atoms with E-state index in [9.17, 15) is 4.79 Å². The van der Waals surface area contributed by atoms with E-state index in [4.69, 9.17) is 4.74 Å². The molecule has 5 nitrogen and oxygen atoms in total. The van der Waals surface area contributed by atoms with Crippen LogP contribution in [0.3, 0.4) is 0 Å². The predicted octanol–water partition coefficient (Wildman–Crippen LogP) is 4.14. The molecular weight excluding hydrogens is 338 g/mol. The van der Waals surface area contributed by atoms with E-state index in [2.05, 4.69) is 39.8 Å². The molecule has 1 saturated heterocycles. The fraction of sp³-hybridized carbons (Fsp3) is 0.682. The zero-order chi connectivity index (χ0) is 18.7. The minimum atomic E-state index is -0.255. The smallest absolute Gasteiger partial charge is 0.407 e. The summed E-state index contributed by atoms with van der Waals surface area (Å²) in [5, 5.41) is 6.72. The Morgan fingerprint density at radius 3 is 2.89 bits per heavy atom. The van der Waals surface area contributed by atoms with Gasteiger partial charge in [0.05, 0.1) is 6.61 Å². The summed E-state index contributed by atoms with van der Waals surface area (Å²) >= 11 is 0. The van der Waals surface area contributed by atoms with Crippen molar-refractivity contribution in [1.29, 1.82) is 0 Å². The highest BCUT2D eigenvalue weighted by Gasteiger charge is 2.42. The molecule has 1 aromatic carbocycles. The number of anilines is 1. The van der Waals surface area contributed by atoms with E-state index in [1.54, 1.807) is 0 Å². The largest absolute Gasteiger partial charge is 0.450 e. The second-order valence-corrected chi connectivity index (χ2v) is 8.45. The number of alkyl carbamates (subject to hydrolysis) is 1. The number of nitrogens with one attached hydrogen (secondary N) is 2. The average Bonchev–Trinajstić information content (AvgIpc) is 2.87. The highest BCUT2D eigenvalue weighted by Crippen LogP contribution is 2.44. The van der Waals surface area contributed by atoms with Gasteiger partial charge in [-0.3, -0.25) is 0 Å². The maximum atomic E-state index is 11.8. The predicted molar refractivity (Wildman–Crippen MR) is 110 cm³/mol. The first kappa shape index (κ1) is 18.6. The summed E-state index contributed by atoms with van der Waals surface area (Å²) in [5.41, 5.74) is 3.17. The number of fused-ring (bicyclic) bond motifs is 2. The number of benzene rings is 1. The van der Waals surface area contributed by atoms with Crippen molar-refractivity contribution in [3.05, 3.63) is 29.8 Å². The Labute approximate surface area is 164 Å². The van der Waals surface area contributed by atoms with Crippen molar-refractivity contribution >= 4 is 11.8 Å². The summed E-state index contributed by atoms with van der Waals surface area (Å²) in [6.07, 6.45) is 8.04. The molecule has 1 spiro atoms. The molecule has 0 bridgehead atoms. The van der Waals surface area contributed by atoms with Gasteiger partial charge in [-0.1, -0.05) is 31.0 Å². The van der Waals surface area contributed by atoms with Crippen molar-refractivity contribution in [3.8, 4) is 0 Å². The standard InChI is InChI=1S/C22H33N3O2.H2/c1-2-27-21(26)24-17-7-3-4-8-18(15-17)25-13-11-22(12-14-25)16-23-20-10-6-5-9-19(20)22;/h5-6,9-10,17-18,23H,2-4,7-8,11-16H2,1H3,(H,24,26);1H. The Morgan fingerprint density at radius 1 is 1.30 bits per heavy atom. The molecule has 27 heavy (non-hydrogen) atoms. The fourth-order valence-corrected chi connectivity index (χ4v) is 5.36. The Bertz CT molecular complexity index is 661. The van der Waals surface area contributed by atoms with Gasteiger partial charge in [-0.05, 0) is 63.7 Å². The molecular formula is C22H35N3O2. The number of hydrogen-bond donors (Lipinski definition) is 2. The quantitative estimate of drug-likeness (QED) is 0.782. The minimum absolute atomic E-state index is 0. The van der Waals surface area contributed by atoms with Gasteiger partial charge in [0.15, 0.2) is 0 Å². The van der Waals surface area contributed by atoms with E-state index in [1.807, 2.05) is 6.92 Å². The number of likely N-dealkylation sites (tertiary alicyclic amines) is 1. The van der Waals surface area contributed by atoms with E-state index in [0.717, 1.165) is 32.5 Å². The van der Waals surface area contributed by atoms with E-state index in [1.165, 1.54) is 43.4 Å². The van der Waals surface area contributed by atoms with Crippen molar-refractivity contribution < 1.29 is 11.0 Å². The highest BCUT2D eigenvalue weighted by atomic mass is 16.5. The highest BCUT2D eigenvalue weighted by molar-refractivity contribution is 5.67. The molecule has 4 rings (SSSR count).